The number of halogens is 1. The molecule has 0 radical (unpaired) electrons. The molecule has 3 aromatic rings. The number of hydrogen-bond donors (Lipinski definition) is 1. The van der Waals surface area contributed by atoms with E-state index in [9.17, 15) is 9.18 Å². The van der Waals surface area contributed by atoms with Gasteiger partial charge in [-0.05, 0) is 55.3 Å². The average Bonchev–Trinajstić information content (AvgIpc) is 3.12. The fraction of sp³-hybridized carbons (Fsp3) is 0.143. The van der Waals surface area contributed by atoms with E-state index in [0.29, 0.717) is 22.8 Å². The van der Waals surface area contributed by atoms with Crippen molar-refractivity contribution in [3.63, 3.8) is 0 Å². The van der Waals surface area contributed by atoms with Crippen molar-refractivity contribution in [1.29, 1.82) is 0 Å². The van der Waals surface area contributed by atoms with E-state index >= 15 is 0 Å². The summed E-state index contributed by atoms with van der Waals surface area (Å²) in [4.78, 5) is 11.8. The standard InChI is InChI=1S/C21H19FN2O3/c1-14-6-5-9-19(15(14)2)26-13-21(25)24-23-12-16-10-11-20(27-16)17-7-3-4-8-18(17)22/h3-12H,13H2,1-2H3,(H,24,25)/b23-12+. The molecule has 0 spiro atoms. The lowest BCUT2D eigenvalue weighted by Crippen LogP contribution is -2.24. The van der Waals surface area contributed by atoms with Gasteiger partial charge >= 0.3 is 0 Å². The van der Waals surface area contributed by atoms with Crippen LogP contribution in [0.5, 0.6) is 5.75 Å². The average molecular weight is 366 g/mol. The van der Waals surface area contributed by atoms with E-state index in [-0.39, 0.29) is 12.4 Å². The molecule has 3 rings (SSSR count). The van der Waals surface area contributed by atoms with Gasteiger partial charge in [0.25, 0.3) is 5.91 Å². The van der Waals surface area contributed by atoms with Crippen LogP contribution in [0.1, 0.15) is 16.9 Å². The first-order valence-corrected chi connectivity index (χ1v) is 8.40. The Balaban J connectivity index is 1.54. The molecule has 0 fully saturated rings. The van der Waals surface area contributed by atoms with Crippen molar-refractivity contribution in [3.8, 4) is 17.1 Å². The number of aryl methyl sites for hydroxylation is 1. The number of carbonyl (C=O) groups excluding carboxylic acids is 1. The van der Waals surface area contributed by atoms with Crippen molar-refractivity contribution < 1.29 is 18.3 Å². The largest absolute Gasteiger partial charge is 0.483 e. The molecule has 0 atom stereocenters. The van der Waals surface area contributed by atoms with Gasteiger partial charge in [-0.1, -0.05) is 24.3 Å². The lowest BCUT2D eigenvalue weighted by Gasteiger charge is -2.09. The third kappa shape index (κ3) is 4.61. The van der Waals surface area contributed by atoms with Crippen LogP contribution in [0.15, 0.2) is 64.1 Å². The van der Waals surface area contributed by atoms with E-state index in [0.717, 1.165) is 11.1 Å². The molecule has 1 aromatic heterocycles. The number of rotatable bonds is 6. The summed E-state index contributed by atoms with van der Waals surface area (Å²) in [5.74, 6) is 0.679. The lowest BCUT2D eigenvalue weighted by molar-refractivity contribution is -0.123. The van der Waals surface area contributed by atoms with E-state index in [1.807, 2.05) is 32.0 Å². The summed E-state index contributed by atoms with van der Waals surface area (Å²) in [6.07, 6.45) is 1.35. The predicted molar refractivity (Wildman–Crippen MR) is 101 cm³/mol. The number of nitrogens with one attached hydrogen (secondary N) is 1. The summed E-state index contributed by atoms with van der Waals surface area (Å²) in [6, 6.07) is 15.3. The molecule has 0 unspecified atom stereocenters. The normalized spacial score (nSPS) is 10.9. The first kappa shape index (κ1) is 18.4. The fourth-order valence-corrected chi connectivity index (χ4v) is 2.45. The smallest absolute Gasteiger partial charge is 0.277 e. The van der Waals surface area contributed by atoms with Gasteiger partial charge in [0.2, 0.25) is 0 Å². The molecule has 0 aliphatic carbocycles. The minimum Gasteiger partial charge on any atom is -0.483 e. The molecule has 5 nitrogen and oxygen atoms in total. The summed E-state index contributed by atoms with van der Waals surface area (Å²) in [6.45, 7) is 3.76. The van der Waals surface area contributed by atoms with E-state index in [4.69, 9.17) is 9.15 Å². The van der Waals surface area contributed by atoms with Crippen LogP contribution in [0.25, 0.3) is 11.3 Å². The molecule has 1 amide bonds. The third-order valence-corrected chi connectivity index (χ3v) is 4.06. The maximum atomic E-state index is 13.8. The van der Waals surface area contributed by atoms with Crippen LogP contribution >= 0.6 is 0 Å². The molecule has 0 bridgehead atoms. The Labute approximate surface area is 156 Å². The highest BCUT2D eigenvalue weighted by Crippen LogP contribution is 2.24. The molecule has 1 heterocycles. The Hall–Kier alpha value is -3.41. The number of nitrogens with zero attached hydrogens (tertiary/aromatic N) is 1. The van der Waals surface area contributed by atoms with Gasteiger partial charge in [-0.15, -0.1) is 0 Å². The molecule has 0 saturated heterocycles. The van der Waals surface area contributed by atoms with Gasteiger partial charge < -0.3 is 9.15 Å². The van der Waals surface area contributed by atoms with Gasteiger partial charge in [-0.3, -0.25) is 4.79 Å². The van der Waals surface area contributed by atoms with Crippen LogP contribution in [0.4, 0.5) is 4.39 Å². The van der Waals surface area contributed by atoms with Crippen LogP contribution in [0.2, 0.25) is 0 Å². The Bertz CT molecular complexity index is 979. The minimum atomic E-state index is -0.395. The van der Waals surface area contributed by atoms with Crippen molar-refractivity contribution in [2.75, 3.05) is 6.61 Å². The van der Waals surface area contributed by atoms with E-state index < -0.39 is 5.91 Å². The zero-order chi connectivity index (χ0) is 19.2. The second-order valence-corrected chi connectivity index (χ2v) is 5.96. The molecule has 1 N–H and O–H groups in total. The summed E-state index contributed by atoms with van der Waals surface area (Å²) < 4.78 is 24.8. The highest BCUT2D eigenvalue weighted by molar-refractivity contribution is 5.81. The van der Waals surface area contributed by atoms with Crippen molar-refractivity contribution in [3.05, 3.63) is 77.3 Å². The lowest BCUT2D eigenvalue weighted by atomic mass is 10.1. The summed E-state index contributed by atoms with van der Waals surface area (Å²) in [7, 11) is 0. The number of hydrogen-bond acceptors (Lipinski definition) is 4. The molecule has 138 valence electrons. The van der Waals surface area contributed by atoms with Crippen LogP contribution in [0, 0.1) is 19.7 Å². The van der Waals surface area contributed by atoms with Crippen molar-refractivity contribution in [2.24, 2.45) is 5.10 Å². The summed E-state index contributed by atoms with van der Waals surface area (Å²) >= 11 is 0. The first-order valence-electron chi connectivity index (χ1n) is 8.40. The Morgan fingerprint density at radius 1 is 1.15 bits per heavy atom. The third-order valence-electron chi connectivity index (χ3n) is 4.06. The van der Waals surface area contributed by atoms with Gasteiger partial charge in [0.05, 0.1) is 11.8 Å². The van der Waals surface area contributed by atoms with Crippen LogP contribution in [0.3, 0.4) is 0 Å². The van der Waals surface area contributed by atoms with E-state index in [2.05, 4.69) is 10.5 Å². The molecule has 6 heteroatoms. The molecule has 0 saturated carbocycles. The van der Waals surface area contributed by atoms with Gasteiger partial charge in [-0.25, -0.2) is 9.82 Å². The van der Waals surface area contributed by atoms with Crippen molar-refractivity contribution >= 4 is 12.1 Å². The molecular weight excluding hydrogens is 347 g/mol. The van der Waals surface area contributed by atoms with Crippen molar-refractivity contribution in [2.45, 2.75) is 13.8 Å². The van der Waals surface area contributed by atoms with Crippen LogP contribution in [-0.4, -0.2) is 18.7 Å². The number of carbonyl (C=O) groups is 1. The predicted octanol–water partition coefficient (Wildman–Crippen LogP) is 4.23. The number of hydrazone groups is 1. The van der Waals surface area contributed by atoms with Gasteiger partial charge in [-0.2, -0.15) is 5.10 Å². The minimum absolute atomic E-state index is 0.153. The Kier molecular flexibility index (Phi) is 5.66. The van der Waals surface area contributed by atoms with Gasteiger partial charge in [0.15, 0.2) is 6.61 Å². The highest BCUT2D eigenvalue weighted by atomic mass is 19.1. The first-order chi connectivity index (χ1) is 13.0. The molecule has 27 heavy (non-hydrogen) atoms. The fourth-order valence-electron chi connectivity index (χ4n) is 2.45. The number of benzene rings is 2. The molecular formula is C21H19FN2O3. The zero-order valence-electron chi connectivity index (χ0n) is 15.0. The highest BCUT2D eigenvalue weighted by Gasteiger charge is 2.08. The maximum Gasteiger partial charge on any atom is 0.277 e. The van der Waals surface area contributed by atoms with E-state index in [1.54, 1.807) is 30.3 Å². The molecule has 0 aliphatic rings. The maximum absolute atomic E-state index is 13.8. The molecule has 2 aromatic carbocycles. The topological polar surface area (TPSA) is 63.8 Å². The number of furan rings is 1. The van der Waals surface area contributed by atoms with Crippen molar-refractivity contribution in [1.82, 2.24) is 5.43 Å². The quantitative estimate of drug-likeness (QED) is 0.524. The number of ether oxygens (including phenoxy) is 1. The Morgan fingerprint density at radius 3 is 2.78 bits per heavy atom. The second kappa shape index (κ2) is 8.31. The monoisotopic (exact) mass is 366 g/mol. The number of amides is 1. The second-order valence-electron chi connectivity index (χ2n) is 5.96. The molecule has 0 aliphatic heterocycles. The zero-order valence-corrected chi connectivity index (χ0v) is 15.0. The Morgan fingerprint density at radius 2 is 1.96 bits per heavy atom. The van der Waals surface area contributed by atoms with Gasteiger partial charge in [0, 0.05) is 0 Å². The van der Waals surface area contributed by atoms with Gasteiger partial charge in [0.1, 0.15) is 23.1 Å². The summed E-state index contributed by atoms with van der Waals surface area (Å²) in [5.41, 5.74) is 4.81. The van der Waals surface area contributed by atoms with Crippen LogP contribution < -0.4 is 10.2 Å². The summed E-state index contributed by atoms with van der Waals surface area (Å²) in [5, 5.41) is 3.83. The SMILES string of the molecule is Cc1cccc(OCC(=O)N/N=C/c2ccc(-c3ccccc3F)o2)c1C. The van der Waals surface area contributed by atoms with Crippen LogP contribution in [-0.2, 0) is 4.79 Å². The van der Waals surface area contributed by atoms with E-state index in [1.165, 1.54) is 12.3 Å².